The summed E-state index contributed by atoms with van der Waals surface area (Å²) in [5, 5.41) is 8.81. The predicted octanol–water partition coefficient (Wildman–Crippen LogP) is -1.34. The molecule has 74 valence electrons. The van der Waals surface area contributed by atoms with Crippen molar-refractivity contribution in [3.63, 3.8) is 0 Å². The van der Waals surface area contributed by atoms with E-state index in [-0.39, 0.29) is 35.5 Å². The quantitative estimate of drug-likeness (QED) is 0.496. The van der Waals surface area contributed by atoms with Gasteiger partial charge in [-0.05, 0) is 28.1 Å². The molecule has 4 nitrogen and oxygen atoms in total. The Morgan fingerprint density at radius 1 is 1.43 bits per heavy atom. The van der Waals surface area contributed by atoms with Gasteiger partial charge in [0.1, 0.15) is 4.90 Å². The van der Waals surface area contributed by atoms with Crippen LogP contribution in [0.1, 0.15) is 1.43 Å². The summed E-state index contributed by atoms with van der Waals surface area (Å²) >= 11 is 2.75. The summed E-state index contributed by atoms with van der Waals surface area (Å²) in [6.45, 7) is 0. The Hall–Kier alpha value is 0.340. The normalized spacial score (nSPS) is 10.8. The summed E-state index contributed by atoms with van der Waals surface area (Å²) in [7, 11) is -4.47. The number of phenols is 1. The van der Waals surface area contributed by atoms with Crippen molar-refractivity contribution in [1.29, 1.82) is 0 Å². The van der Waals surface area contributed by atoms with E-state index in [2.05, 4.69) is 15.9 Å². The van der Waals surface area contributed by atoms with Gasteiger partial charge in [-0.25, -0.2) is 4.39 Å². The smallest absolute Gasteiger partial charge is 1.00 e. The standard InChI is InChI=1S/C6H4BrFO4S.Na.H/c7-3-1-5(9)4(8)2-6(3)13(10,11)12;;/h1-2,9H,(H,10,11,12);;/q;+1;-1. The molecule has 0 aliphatic carbocycles. The van der Waals surface area contributed by atoms with Crippen molar-refractivity contribution in [2.75, 3.05) is 0 Å². The minimum Gasteiger partial charge on any atom is -1.00 e. The van der Waals surface area contributed by atoms with Gasteiger partial charge in [0, 0.05) is 4.47 Å². The molecule has 8 heteroatoms. The predicted molar refractivity (Wildman–Crippen MR) is 46.7 cm³/mol. The zero-order valence-electron chi connectivity index (χ0n) is 8.03. The Morgan fingerprint density at radius 3 is 2.36 bits per heavy atom. The van der Waals surface area contributed by atoms with Crippen LogP contribution >= 0.6 is 15.9 Å². The molecule has 0 saturated heterocycles. The summed E-state index contributed by atoms with van der Waals surface area (Å²) < 4.78 is 42.3. The Bertz CT molecular complexity index is 453. The molecule has 0 heterocycles. The van der Waals surface area contributed by atoms with Crippen LogP contribution in [0.3, 0.4) is 0 Å². The van der Waals surface area contributed by atoms with Crippen molar-refractivity contribution >= 4 is 26.0 Å². The van der Waals surface area contributed by atoms with E-state index >= 15 is 0 Å². The Morgan fingerprint density at radius 2 is 1.93 bits per heavy atom. The first-order chi connectivity index (χ1) is 5.82. The minimum absolute atomic E-state index is 0. The van der Waals surface area contributed by atoms with Gasteiger partial charge in [-0.15, -0.1) is 0 Å². The molecule has 0 aliphatic rings. The molecule has 0 unspecified atom stereocenters. The maximum atomic E-state index is 12.6. The minimum atomic E-state index is -4.47. The van der Waals surface area contributed by atoms with Gasteiger partial charge in [0.2, 0.25) is 0 Å². The van der Waals surface area contributed by atoms with E-state index in [9.17, 15) is 12.8 Å². The molecule has 0 aromatic heterocycles. The summed E-state index contributed by atoms with van der Waals surface area (Å²) in [5.74, 6) is -1.81. The van der Waals surface area contributed by atoms with Crippen molar-refractivity contribution in [1.82, 2.24) is 0 Å². The Labute approximate surface area is 112 Å². The van der Waals surface area contributed by atoms with E-state index in [1.807, 2.05) is 0 Å². The fourth-order valence-electron chi connectivity index (χ4n) is 0.716. The van der Waals surface area contributed by atoms with Gasteiger partial charge in [-0.2, -0.15) is 8.42 Å². The molecule has 0 spiro atoms. The molecule has 0 bridgehead atoms. The molecular formula is C6H5BrFNaO4S. The van der Waals surface area contributed by atoms with Crippen LogP contribution in [0, 0.1) is 5.82 Å². The third-order valence-corrected chi connectivity index (χ3v) is 3.09. The maximum absolute atomic E-state index is 12.6. The van der Waals surface area contributed by atoms with E-state index in [1.54, 1.807) is 0 Å². The maximum Gasteiger partial charge on any atom is 1.00 e. The molecule has 0 saturated carbocycles. The molecular weight excluding hydrogens is 290 g/mol. The summed E-state index contributed by atoms with van der Waals surface area (Å²) in [6.07, 6.45) is 0. The van der Waals surface area contributed by atoms with Gasteiger partial charge < -0.3 is 6.53 Å². The second kappa shape index (κ2) is 4.91. The van der Waals surface area contributed by atoms with Gasteiger partial charge >= 0.3 is 29.6 Å². The van der Waals surface area contributed by atoms with Crippen molar-refractivity contribution in [2.24, 2.45) is 0 Å². The molecule has 0 fully saturated rings. The average Bonchev–Trinajstić information content (AvgIpc) is 1.94. The van der Waals surface area contributed by atoms with Gasteiger partial charge in [0.15, 0.2) is 11.6 Å². The molecule has 1 aromatic carbocycles. The molecule has 14 heavy (non-hydrogen) atoms. The molecule has 0 atom stereocenters. The fourth-order valence-corrected chi connectivity index (χ4v) is 2.22. The van der Waals surface area contributed by atoms with Gasteiger partial charge in [0.25, 0.3) is 10.1 Å². The zero-order chi connectivity index (χ0) is 10.2. The monoisotopic (exact) mass is 294 g/mol. The number of aromatic hydroxyl groups is 1. The first-order valence-electron chi connectivity index (χ1n) is 2.98. The third kappa shape index (κ3) is 3.18. The fraction of sp³-hybridized carbons (Fsp3) is 0. The topological polar surface area (TPSA) is 74.6 Å². The summed E-state index contributed by atoms with van der Waals surface area (Å²) in [6, 6.07) is 1.37. The van der Waals surface area contributed by atoms with Gasteiger partial charge in [-0.1, -0.05) is 0 Å². The second-order valence-electron chi connectivity index (χ2n) is 2.21. The molecule has 2 N–H and O–H groups in total. The summed E-state index contributed by atoms with van der Waals surface area (Å²) in [5.41, 5.74) is 0. The van der Waals surface area contributed by atoms with Crippen molar-refractivity contribution in [3.8, 4) is 5.75 Å². The molecule has 0 radical (unpaired) electrons. The van der Waals surface area contributed by atoms with Crippen LogP contribution in [0.25, 0.3) is 0 Å². The largest absolute Gasteiger partial charge is 1.00 e. The zero-order valence-corrected chi connectivity index (χ0v) is 11.4. The van der Waals surface area contributed by atoms with Crippen molar-refractivity contribution < 1.29 is 53.5 Å². The van der Waals surface area contributed by atoms with E-state index < -0.39 is 26.6 Å². The van der Waals surface area contributed by atoms with Gasteiger partial charge in [0.05, 0.1) is 0 Å². The van der Waals surface area contributed by atoms with Gasteiger partial charge in [-0.3, -0.25) is 4.55 Å². The second-order valence-corrected chi connectivity index (χ2v) is 4.45. The van der Waals surface area contributed by atoms with Crippen LogP contribution < -0.4 is 29.6 Å². The number of halogens is 2. The third-order valence-electron chi connectivity index (χ3n) is 1.28. The summed E-state index contributed by atoms with van der Waals surface area (Å²) in [4.78, 5) is -0.622. The molecule has 0 aliphatic heterocycles. The number of hydrogen-bond donors (Lipinski definition) is 2. The van der Waals surface area contributed by atoms with E-state index in [0.717, 1.165) is 6.07 Å². The van der Waals surface area contributed by atoms with Crippen molar-refractivity contribution in [3.05, 3.63) is 22.4 Å². The first kappa shape index (κ1) is 14.3. The van der Waals surface area contributed by atoms with E-state index in [0.29, 0.717) is 6.07 Å². The van der Waals surface area contributed by atoms with E-state index in [4.69, 9.17) is 9.66 Å². The van der Waals surface area contributed by atoms with E-state index in [1.165, 1.54) is 0 Å². The molecule has 1 aromatic rings. The van der Waals surface area contributed by atoms with Crippen LogP contribution in [0.15, 0.2) is 21.5 Å². The molecule has 0 amide bonds. The Balaban J connectivity index is 0. The van der Waals surface area contributed by atoms with Crippen molar-refractivity contribution in [2.45, 2.75) is 4.90 Å². The van der Waals surface area contributed by atoms with Crippen LogP contribution in [0.2, 0.25) is 0 Å². The average molecular weight is 295 g/mol. The van der Waals surface area contributed by atoms with Crippen LogP contribution in [0.5, 0.6) is 5.75 Å². The molecule has 1 rings (SSSR count). The number of benzene rings is 1. The van der Waals surface area contributed by atoms with Crippen LogP contribution in [0.4, 0.5) is 4.39 Å². The Kier molecular flexibility index (Phi) is 5.03. The SMILES string of the molecule is O=S(=O)(O)c1cc(F)c(O)cc1Br.[H-].[Na+]. The number of rotatable bonds is 1. The first-order valence-corrected chi connectivity index (χ1v) is 5.21. The number of phenolic OH excluding ortho intramolecular Hbond substituents is 1. The van der Waals surface area contributed by atoms with Crippen LogP contribution in [-0.4, -0.2) is 18.1 Å². The number of hydrogen-bond acceptors (Lipinski definition) is 3. The van der Waals surface area contributed by atoms with Crippen LogP contribution in [-0.2, 0) is 10.1 Å².